The van der Waals surface area contributed by atoms with Crippen LogP contribution in [0.3, 0.4) is 0 Å². The van der Waals surface area contributed by atoms with Crippen LogP contribution in [-0.2, 0) is 21.2 Å². The quantitative estimate of drug-likeness (QED) is 0.884. The summed E-state index contributed by atoms with van der Waals surface area (Å²) in [6, 6.07) is 0. The maximum atomic E-state index is 11.5. The molecule has 1 saturated heterocycles. The summed E-state index contributed by atoms with van der Waals surface area (Å²) in [5.41, 5.74) is 0.771. The van der Waals surface area contributed by atoms with Crippen molar-refractivity contribution in [1.29, 1.82) is 0 Å². The first kappa shape index (κ1) is 13.6. The lowest BCUT2D eigenvalue weighted by Crippen LogP contribution is -2.27. The Labute approximate surface area is 117 Å². The molecule has 1 fully saturated rings. The molecule has 2 aliphatic rings. The third-order valence-corrected chi connectivity index (χ3v) is 6.08. The average molecular weight is 298 g/mol. The van der Waals surface area contributed by atoms with Gasteiger partial charge in [-0.1, -0.05) is 0 Å². The van der Waals surface area contributed by atoms with Crippen LogP contribution in [0.15, 0.2) is 6.20 Å². The number of sulfone groups is 1. The molecule has 1 unspecified atom stereocenters. The Morgan fingerprint density at radius 1 is 1.30 bits per heavy atom. The molecule has 0 aliphatic carbocycles. The lowest BCUT2D eigenvalue weighted by atomic mass is 9.95. The van der Waals surface area contributed by atoms with Gasteiger partial charge in [0, 0.05) is 18.7 Å². The van der Waals surface area contributed by atoms with E-state index in [-0.39, 0.29) is 17.4 Å². The summed E-state index contributed by atoms with van der Waals surface area (Å²) >= 11 is 0. The van der Waals surface area contributed by atoms with Crippen LogP contribution in [0.5, 0.6) is 0 Å². The molecule has 1 aromatic heterocycles. The number of carboxylic acid groups (broad SMARTS) is 1. The van der Waals surface area contributed by atoms with Crippen LogP contribution in [0.25, 0.3) is 0 Å². The summed E-state index contributed by atoms with van der Waals surface area (Å²) in [6.45, 7) is 0.789. The highest BCUT2D eigenvalue weighted by Gasteiger charge is 2.33. The Hall–Kier alpha value is -1.37. The van der Waals surface area contributed by atoms with Crippen molar-refractivity contribution in [1.82, 2.24) is 9.55 Å². The summed E-state index contributed by atoms with van der Waals surface area (Å²) in [5, 5.41) is 9.25. The Bertz CT molecular complexity index is 621. The van der Waals surface area contributed by atoms with Crippen molar-refractivity contribution in [2.75, 3.05) is 11.5 Å². The fourth-order valence-electron chi connectivity index (χ4n) is 3.25. The maximum absolute atomic E-state index is 11.5. The summed E-state index contributed by atoms with van der Waals surface area (Å²) in [6.07, 6.45) is 4.33. The highest BCUT2D eigenvalue weighted by Crippen LogP contribution is 2.34. The number of carbonyl (C=O) groups is 1. The second-order valence-corrected chi connectivity index (χ2v) is 7.96. The number of nitrogens with zero attached hydrogens (tertiary/aromatic N) is 2. The van der Waals surface area contributed by atoms with Gasteiger partial charge in [-0.05, 0) is 25.7 Å². The lowest BCUT2D eigenvalue weighted by Gasteiger charge is -2.26. The van der Waals surface area contributed by atoms with Crippen LogP contribution in [0.4, 0.5) is 0 Å². The molecule has 1 aromatic rings. The Balaban J connectivity index is 1.88. The van der Waals surface area contributed by atoms with Crippen molar-refractivity contribution in [3.05, 3.63) is 17.7 Å². The molecule has 3 heterocycles. The van der Waals surface area contributed by atoms with Gasteiger partial charge in [-0.2, -0.15) is 0 Å². The van der Waals surface area contributed by atoms with Crippen LogP contribution >= 0.6 is 0 Å². The predicted octanol–water partition coefficient (Wildman–Crippen LogP) is 1.14. The number of aromatic nitrogens is 2. The second kappa shape index (κ2) is 4.87. The van der Waals surface area contributed by atoms with Crippen molar-refractivity contribution in [2.24, 2.45) is 0 Å². The Kier molecular flexibility index (Phi) is 3.32. The molecule has 2 aliphatic heterocycles. The smallest absolute Gasteiger partial charge is 0.312 e. The molecule has 1 atom stereocenters. The number of hydrogen-bond acceptors (Lipinski definition) is 4. The number of rotatable bonds is 2. The number of imidazole rings is 1. The molecule has 0 radical (unpaired) electrons. The Morgan fingerprint density at radius 2 is 2.00 bits per heavy atom. The first-order valence-corrected chi connectivity index (χ1v) is 8.78. The summed E-state index contributed by atoms with van der Waals surface area (Å²) < 4.78 is 25.0. The van der Waals surface area contributed by atoms with Gasteiger partial charge in [-0.15, -0.1) is 0 Å². The fraction of sp³-hybridized carbons (Fsp3) is 0.692. The monoisotopic (exact) mass is 298 g/mol. The highest BCUT2D eigenvalue weighted by atomic mass is 32.2. The molecule has 0 saturated carbocycles. The van der Waals surface area contributed by atoms with Gasteiger partial charge in [0.15, 0.2) is 0 Å². The van der Waals surface area contributed by atoms with Gasteiger partial charge in [0.2, 0.25) is 0 Å². The van der Waals surface area contributed by atoms with Gasteiger partial charge in [-0.25, -0.2) is 13.4 Å². The van der Waals surface area contributed by atoms with E-state index in [2.05, 4.69) is 4.98 Å². The van der Waals surface area contributed by atoms with Gasteiger partial charge in [0.1, 0.15) is 15.7 Å². The molecule has 6 nitrogen and oxygen atoms in total. The van der Waals surface area contributed by atoms with Crippen LogP contribution < -0.4 is 0 Å². The summed E-state index contributed by atoms with van der Waals surface area (Å²) in [7, 11) is -2.88. The SMILES string of the molecule is O=C(O)C1CCCn2c1cnc2C1CCS(=O)(=O)CC1. The number of carboxylic acids is 1. The van der Waals surface area contributed by atoms with Gasteiger partial charge in [0.05, 0.1) is 23.1 Å². The van der Waals surface area contributed by atoms with Gasteiger partial charge in [-0.3, -0.25) is 4.79 Å². The molecule has 1 N–H and O–H groups in total. The van der Waals surface area contributed by atoms with E-state index in [1.165, 1.54) is 0 Å². The van der Waals surface area contributed by atoms with Crippen LogP contribution in [0.2, 0.25) is 0 Å². The molecule has 0 spiro atoms. The van der Waals surface area contributed by atoms with E-state index >= 15 is 0 Å². The van der Waals surface area contributed by atoms with Gasteiger partial charge < -0.3 is 9.67 Å². The minimum atomic E-state index is -2.88. The van der Waals surface area contributed by atoms with Gasteiger partial charge in [0.25, 0.3) is 0 Å². The number of hydrogen-bond donors (Lipinski definition) is 1. The van der Waals surface area contributed by atoms with Crippen LogP contribution in [-0.4, -0.2) is 40.6 Å². The minimum absolute atomic E-state index is 0.139. The van der Waals surface area contributed by atoms with E-state index in [1.54, 1.807) is 6.20 Å². The Morgan fingerprint density at radius 3 is 2.65 bits per heavy atom. The zero-order valence-corrected chi connectivity index (χ0v) is 12.0. The molecule has 7 heteroatoms. The third-order valence-electron chi connectivity index (χ3n) is 4.37. The largest absolute Gasteiger partial charge is 0.481 e. The van der Waals surface area contributed by atoms with Crippen molar-refractivity contribution in [3.63, 3.8) is 0 Å². The molecule has 0 bridgehead atoms. The standard InChI is InChI=1S/C13H18N2O4S/c16-13(17)10-2-1-5-15-11(10)8-14-12(15)9-3-6-20(18,19)7-4-9/h8-10H,1-7H2,(H,16,17). The van der Waals surface area contributed by atoms with E-state index < -0.39 is 21.7 Å². The number of aliphatic carboxylic acids is 1. The van der Waals surface area contributed by atoms with Gasteiger partial charge >= 0.3 is 5.97 Å². The molecular formula is C13H18N2O4S. The normalized spacial score (nSPS) is 26.1. The topological polar surface area (TPSA) is 89.3 Å². The third kappa shape index (κ3) is 2.34. The summed E-state index contributed by atoms with van der Waals surface area (Å²) in [5.74, 6) is 0.159. The van der Waals surface area contributed by atoms with Crippen LogP contribution in [0.1, 0.15) is 49.0 Å². The fourth-order valence-corrected chi connectivity index (χ4v) is 4.74. The summed E-state index contributed by atoms with van der Waals surface area (Å²) in [4.78, 5) is 15.7. The van der Waals surface area contributed by atoms with E-state index in [0.717, 1.165) is 24.5 Å². The number of fused-ring (bicyclic) bond motifs is 1. The van der Waals surface area contributed by atoms with Crippen molar-refractivity contribution in [3.8, 4) is 0 Å². The molecule has 110 valence electrons. The molecule has 3 rings (SSSR count). The van der Waals surface area contributed by atoms with Crippen LogP contribution in [0, 0.1) is 0 Å². The molecular weight excluding hydrogens is 280 g/mol. The molecule has 0 amide bonds. The highest BCUT2D eigenvalue weighted by molar-refractivity contribution is 7.91. The molecule has 0 aromatic carbocycles. The van der Waals surface area contributed by atoms with E-state index in [1.807, 2.05) is 4.57 Å². The average Bonchev–Trinajstić information content (AvgIpc) is 2.82. The molecule has 20 heavy (non-hydrogen) atoms. The lowest BCUT2D eigenvalue weighted by molar-refractivity contribution is -0.139. The van der Waals surface area contributed by atoms with E-state index in [4.69, 9.17) is 0 Å². The first-order chi connectivity index (χ1) is 9.48. The van der Waals surface area contributed by atoms with Crippen molar-refractivity contribution in [2.45, 2.75) is 44.1 Å². The minimum Gasteiger partial charge on any atom is -0.481 e. The zero-order chi connectivity index (χ0) is 14.3. The van der Waals surface area contributed by atoms with Crippen molar-refractivity contribution >= 4 is 15.8 Å². The first-order valence-electron chi connectivity index (χ1n) is 6.96. The van der Waals surface area contributed by atoms with E-state index in [9.17, 15) is 18.3 Å². The van der Waals surface area contributed by atoms with Crippen molar-refractivity contribution < 1.29 is 18.3 Å². The van der Waals surface area contributed by atoms with E-state index in [0.29, 0.717) is 19.3 Å². The second-order valence-electron chi connectivity index (χ2n) is 5.65. The zero-order valence-electron chi connectivity index (χ0n) is 11.2. The maximum Gasteiger partial charge on any atom is 0.312 e. The predicted molar refractivity (Wildman–Crippen MR) is 72.5 cm³/mol.